The molecule has 0 spiro atoms. The molecule has 0 bridgehead atoms. The number of aromatic nitrogens is 2. The maximum absolute atomic E-state index is 13.1. The van der Waals surface area contributed by atoms with Crippen molar-refractivity contribution >= 4 is 17.8 Å². The van der Waals surface area contributed by atoms with E-state index in [2.05, 4.69) is 26.1 Å². The lowest BCUT2D eigenvalue weighted by Gasteiger charge is -2.34. The molecule has 1 aromatic carbocycles. The number of hydrogen-bond acceptors (Lipinski definition) is 3. The fourth-order valence-electron chi connectivity index (χ4n) is 3.99. The van der Waals surface area contributed by atoms with Gasteiger partial charge in [0.25, 0.3) is 0 Å². The zero-order valence-corrected chi connectivity index (χ0v) is 17.8. The normalized spacial score (nSPS) is 19.8. The molecule has 2 amide bonds. The van der Waals surface area contributed by atoms with Crippen molar-refractivity contribution in [2.75, 3.05) is 18.4 Å². The summed E-state index contributed by atoms with van der Waals surface area (Å²) >= 11 is 0. The van der Waals surface area contributed by atoms with E-state index < -0.39 is 11.9 Å². The van der Waals surface area contributed by atoms with Gasteiger partial charge in [0, 0.05) is 24.1 Å². The van der Waals surface area contributed by atoms with Crippen LogP contribution in [0.2, 0.25) is 0 Å². The maximum Gasteiger partial charge on any atom is 0.323 e. The van der Waals surface area contributed by atoms with E-state index in [1.165, 1.54) is 0 Å². The summed E-state index contributed by atoms with van der Waals surface area (Å²) in [4.78, 5) is 26.1. The van der Waals surface area contributed by atoms with Crippen molar-refractivity contribution in [1.82, 2.24) is 14.7 Å². The van der Waals surface area contributed by atoms with Crippen molar-refractivity contribution in [1.29, 1.82) is 0 Å². The highest BCUT2D eigenvalue weighted by Gasteiger charge is 2.33. The van der Waals surface area contributed by atoms with E-state index in [9.17, 15) is 14.7 Å². The van der Waals surface area contributed by atoms with E-state index in [4.69, 9.17) is 5.10 Å². The number of carboxylic acids is 1. The van der Waals surface area contributed by atoms with Crippen LogP contribution in [0.4, 0.5) is 10.6 Å². The Kier molecular flexibility index (Phi) is 5.68. The second-order valence-corrected chi connectivity index (χ2v) is 9.03. The summed E-state index contributed by atoms with van der Waals surface area (Å²) in [6, 6.07) is 9.39. The third kappa shape index (κ3) is 4.44. The van der Waals surface area contributed by atoms with Crippen LogP contribution in [0.15, 0.2) is 30.3 Å². The molecular formula is C22H30N4O3. The van der Waals surface area contributed by atoms with Crippen molar-refractivity contribution < 1.29 is 14.7 Å². The molecule has 29 heavy (non-hydrogen) atoms. The van der Waals surface area contributed by atoms with E-state index in [0.717, 1.165) is 16.9 Å². The zero-order chi connectivity index (χ0) is 21.3. The van der Waals surface area contributed by atoms with Gasteiger partial charge in [0.05, 0.1) is 17.3 Å². The quantitative estimate of drug-likeness (QED) is 0.816. The standard InChI is InChI=1S/C22H30N4O3/c1-14-11-16(20(27)28)13-25(12-14)21(29)23-19-15(2)18(22(3,4)5)24-26(19)17-9-7-6-8-10-17/h6-10,14,16H,11-13H2,1-5H3,(H,23,29)(H,27,28). The molecule has 2 aromatic rings. The highest BCUT2D eigenvalue weighted by Crippen LogP contribution is 2.32. The third-order valence-electron chi connectivity index (χ3n) is 5.35. The Morgan fingerprint density at radius 3 is 2.41 bits per heavy atom. The lowest BCUT2D eigenvalue weighted by molar-refractivity contribution is -0.143. The molecule has 7 heteroatoms. The fourth-order valence-corrected chi connectivity index (χ4v) is 3.99. The van der Waals surface area contributed by atoms with Crippen LogP contribution in [-0.2, 0) is 10.2 Å². The van der Waals surface area contributed by atoms with Crippen molar-refractivity contribution in [3.05, 3.63) is 41.6 Å². The zero-order valence-electron chi connectivity index (χ0n) is 17.8. The van der Waals surface area contributed by atoms with Gasteiger partial charge in [-0.1, -0.05) is 45.9 Å². The number of benzene rings is 1. The number of piperidine rings is 1. The van der Waals surface area contributed by atoms with Gasteiger partial charge in [0.15, 0.2) is 0 Å². The molecule has 7 nitrogen and oxygen atoms in total. The predicted molar refractivity (Wildman–Crippen MR) is 112 cm³/mol. The Hall–Kier alpha value is -2.83. The Bertz CT molecular complexity index is 899. The van der Waals surface area contributed by atoms with Gasteiger partial charge < -0.3 is 10.0 Å². The first-order chi connectivity index (χ1) is 13.6. The van der Waals surface area contributed by atoms with E-state index in [-0.39, 0.29) is 23.9 Å². The number of nitrogens with zero attached hydrogens (tertiary/aromatic N) is 3. The van der Waals surface area contributed by atoms with Gasteiger partial charge in [0.1, 0.15) is 5.82 Å². The number of para-hydroxylation sites is 1. The van der Waals surface area contributed by atoms with Crippen LogP contribution in [0.1, 0.15) is 45.4 Å². The Morgan fingerprint density at radius 2 is 1.83 bits per heavy atom. The molecule has 1 saturated heterocycles. The number of anilines is 1. The lowest BCUT2D eigenvalue weighted by Crippen LogP contribution is -2.47. The number of likely N-dealkylation sites (tertiary alicyclic amines) is 1. The summed E-state index contributed by atoms with van der Waals surface area (Å²) in [5.41, 5.74) is 2.50. The minimum atomic E-state index is -0.852. The number of rotatable bonds is 3. The van der Waals surface area contributed by atoms with Crippen molar-refractivity contribution in [2.24, 2.45) is 11.8 Å². The average molecular weight is 399 g/mol. The van der Waals surface area contributed by atoms with E-state index in [1.807, 2.05) is 44.2 Å². The highest BCUT2D eigenvalue weighted by atomic mass is 16.4. The summed E-state index contributed by atoms with van der Waals surface area (Å²) in [5.74, 6) is -0.623. The van der Waals surface area contributed by atoms with Gasteiger partial charge in [-0.05, 0) is 31.4 Å². The number of amides is 2. The molecule has 156 valence electrons. The molecule has 2 atom stereocenters. The van der Waals surface area contributed by atoms with Gasteiger partial charge in [0.2, 0.25) is 0 Å². The first-order valence-corrected chi connectivity index (χ1v) is 10.0. The van der Waals surface area contributed by atoms with Gasteiger partial charge in [-0.15, -0.1) is 0 Å². The monoisotopic (exact) mass is 398 g/mol. The van der Waals surface area contributed by atoms with Crippen LogP contribution in [0.5, 0.6) is 0 Å². The average Bonchev–Trinajstić information content (AvgIpc) is 2.98. The molecule has 2 heterocycles. The number of carbonyl (C=O) groups excluding carboxylic acids is 1. The Morgan fingerprint density at radius 1 is 1.17 bits per heavy atom. The molecule has 3 rings (SSSR count). The summed E-state index contributed by atoms with van der Waals surface area (Å²) < 4.78 is 1.76. The summed E-state index contributed by atoms with van der Waals surface area (Å²) in [6.07, 6.45) is 0.592. The molecule has 0 aliphatic carbocycles. The fraction of sp³-hybridized carbons (Fsp3) is 0.500. The predicted octanol–water partition coefficient (Wildman–Crippen LogP) is 4.05. The molecule has 1 fully saturated rings. The number of carboxylic acid groups (broad SMARTS) is 1. The second kappa shape index (κ2) is 7.89. The van der Waals surface area contributed by atoms with Crippen LogP contribution in [-0.4, -0.2) is 44.9 Å². The van der Waals surface area contributed by atoms with E-state index >= 15 is 0 Å². The Labute approximate surface area is 171 Å². The van der Waals surface area contributed by atoms with Gasteiger partial charge in [-0.2, -0.15) is 5.10 Å². The van der Waals surface area contributed by atoms with E-state index in [0.29, 0.717) is 18.8 Å². The van der Waals surface area contributed by atoms with E-state index in [1.54, 1.807) is 9.58 Å². The molecule has 0 saturated carbocycles. The van der Waals surface area contributed by atoms with Gasteiger partial charge in [-0.3, -0.25) is 10.1 Å². The maximum atomic E-state index is 13.1. The van der Waals surface area contributed by atoms with Gasteiger partial charge >= 0.3 is 12.0 Å². The number of aliphatic carboxylic acids is 1. The third-order valence-corrected chi connectivity index (χ3v) is 5.35. The minimum absolute atomic E-state index is 0.140. The second-order valence-electron chi connectivity index (χ2n) is 9.03. The van der Waals surface area contributed by atoms with Crippen LogP contribution >= 0.6 is 0 Å². The molecule has 0 radical (unpaired) electrons. The van der Waals surface area contributed by atoms with Crippen molar-refractivity contribution in [3.8, 4) is 5.69 Å². The van der Waals surface area contributed by atoms with Crippen LogP contribution < -0.4 is 5.32 Å². The number of nitrogens with one attached hydrogen (secondary N) is 1. The van der Waals surface area contributed by atoms with Gasteiger partial charge in [-0.25, -0.2) is 9.48 Å². The SMILES string of the molecule is Cc1c(C(C)(C)C)nn(-c2ccccc2)c1NC(=O)N1CC(C)CC(C(=O)O)C1. The Balaban J connectivity index is 1.94. The molecule has 1 aromatic heterocycles. The minimum Gasteiger partial charge on any atom is -0.481 e. The van der Waals surface area contributed by atoms with Crippen LogP contribution in [0.25, 0.3) is 5.69 Å². The van der Waals surface area contributed by atoms with Crippen molar-refractivity contribution in [2.45, 2.75) is 46.5 Å². The summed E-state index contributed by atoms with van der Waals surface area (Å²) in [7, 11) is 0. The van der Waals surface area contributed by atoms with Crippen LogP contribution in [0.3, 0.4) is 0 Å². The molecule has 1 aliphatic rings. The molecule has 2 unspecified atom stereocenters. The number of hydrogen-bond donors (Lipinski definition) is 2. The summed E-state index contributed by atoms with van der Waals surface area (Å²) in [5, 5.41) is 17.2. The van der Waals surface area contributed by atoms with Crippen molar-refractivity contribution in [3.63, 3.8) is 0 Å². The molecule has 2 N–H and O–H groups in total. The largest absolute Gasteiger partial charge is 0.481 e. The smallest absolute Gasteiger partial charge is 0.323 e. The first-order valence-electron chi connectivity index (χ1n) is 10.0. The topological polar surface area (TPSA) is 87.5 Å². The highest BCUT2D eigenvalue weighted by molar-refractivity contribution is 5.90. The number of carbonyl (C=O) groups is 2. The molecule has 1 aliphatic heterocycles. The number of urea groups is 1. The summed E-state index contributed by atoms with van der Waals surface area (Å²) in [6.45, 7) is 11.0. The first kappa shape index (κ1) is 20.9. The van der Waals surface area contributed by atoms with Crippen LogP contribution in [0, 0.1) is 18.8 Å². The lowest BCUT2D eigenvalue weighted by atomic mass is 9.90. The molecular weight excluding hydrogens is 368 g/mol.